The van der Waals surface area contributed by atoms with Gasteiger partial charge in [0.15, 0.2) is 0 Å². The second-order valence-corrected chi connectivity index (χ2v) is 5.62. The molecule has 0 aliphatic rings. The summed E-state index contributed by atoms with van der Waals surface area (Å²) in [7, 11) is 1.69. The Morgan fingerprint density at radius 2 is 2.18 bits per heavy atom. The average Bonchev–Trinajstić information content (AvgIpc) is 2.18. The van der Waals surface area contributed by atoms with E-state index in [2.05, 4.69) is 20.9 Å². The minimum atomic E-state index is -0.479. The number of aromatic nitrogens is 1. The Balaban J connectivity index is 2.64. The highest BCUT2D eigenvalue weighted by Crippen LogP contribution is 2.16. The van der Waals surface area contributed by atoms with Gasteiger partial charge in [-0.25, -0.2) is 4.79 Å². The van der Waals surface area contributed by atoms with Crippen molar-refractivity contribution in [2.75, 3.05) is 7.05 Å². The number of hydrogen-bond donors (Lipinski definition) is 0. The predicted molar refractivity (Wildman–Crippen MR) is 69.6 cm³/mol. The highest BCUT2D eigenvalue weighted by Gasteiger charge is 2.20. The third-order valence-electron chi connectivity index (χ3n) is 1.93. The minimum absolute atomic E-state index is 0.352. The summed E-state index contributed by atoms with van der Waals surface area (Å²) in [6.45, 7) is 5.94. The Hall–Kier alpha value is -1.10. The van der Waals surface area contributed by atoms with Crippen LogP contribution in [0.3, 0.4) is 0 Å². The van der Waals surface area contributed by atoms with Gasteiger partial charge >= 0.3 is 6.09 Å². The van der Waals surface area contributed by atoms with Crippen LogP contribution in [0, 0.1) is 0 Å². The van der Waals surface area contributed by atoms with E-state index >= 15 is 0 Å². The van der Waals surface area contributed by atoms with Crippen LogP contribution < -0.4 is 0 Å². The monoisotopic (exact) mass is 300 g/mol. The van der Waals surface area contributed by atoms with Crippen molar-refractivity contribution in [2.45, 2.75) is 32.9 Å². The van der Waals surface area contributed by atoms with Crippen molar-refractivity contribution in [3.63, 3.8) is 0 Å². The van der Waals surface area contributed by atoms with E-state index in [1.165, 1.54) is 4.90 Å². The maximum atomic E-state index is 11.7. The summed E-state index contributed by atoms with van der Waals surface area (Å²) < 4.78 is 6.14. The van der Waals surface area contributed by atoms with Crippen molar-refractivity contribution in [1.82, 2.24) is 9.88 Å². The fraction of sp³-hybridized carbons (Fsp3) is 0.500. The molecule has 0 saturated heterocycles. The number of nitrogens with zero attached hydrogens (tertiary/aromatic N) is 2. The maximum Gasteiger partial charge on any atom is 0.410 e. The number of pyridine rings is 1. The van der Waals surface area contributed by atoms with Crippen LogP contribution in [0.4, 0.5) is 4.79 Å². The molecule has 4 nitrogen and oxygen atoms in total. The smallest absolute Gasteiger partial charge is 0.410 e. The van der Waals surface area contributed by atoms with E-state index in [1.807, 2.05) is 32.9 Å². The minimum Gasteiger partial charge on any atom is -0.444 e. The quantitative estimate of drug-likeness (QED) is 0.842. The van der Waals surface area contributed by atoms with Gasteiger partial charge in [0.1, 0.15) is 5.60 Å². The third-order valence-corrected chi connectivity index (χ3v) is 2.65. The first-order valence-corrected chi connectivity index (χ1v) is 6.12. The summed E-state index contributed by atoms with van der Waals surface area (Å²) in [6, 6.07) is 3.73. The van der Waals surface area contributed by atoms with Crippen LogP contribution in [0.25, 0.3) is 0 Å². The van der Waals surface area contributed by atoms with Gasteiger partial charge < -0.3 is 9.64 Å². The molecule has 0 bridgehead atoms. The number of ether oxygens (including phenoxy) is 1. The van der Waals surface area contributed by atoms with Crippen molar-refractivity contribution in [3.8, 4) is 0 Å². The first-order valence-electron chi connectivity index (χ1n) is 5.33. The molecule has 1 heterocycles. The van der Waals surface area contributed by atoms with E-state index in [4.69, 9.17) is 4.74 Å². The van der Waals surface area contributed by atoms with E-state index in [0.29, 0.717) is 6.54 Å². The average molecular weight is 301 g/mol. The van der Waals surface area contributed by atoms with Crippen LogP contribution in [-0.2, 0) is 11.3 Å². The van der Waals surface area contributed by atoms with Gasteiger partial charge in [0, 0.05) is 17.7 Å². The van der Waals surface area contributed by atoms with Crippen LogP contribution in [0.15, 0.2) is 22.8 Å². The van der Waals surface area contributed by atoms with Crippen molar-refractivity contribution in [1.29, 1.82) is 0 Å². The van der Waals surface area contributed by atoms with Gasteiger partial charge in [-0.15, -0.1) is 0 Å². The first-order chi connectivity index (χ1) is 7.79. The highest BCUT2D eigenvalue weighted by atomic mass is 79.9. The van der Waals surface area contributed by atoms with E-state index in [0.717, 1.165) is 10.2 Å². The summed E-state index contributed by atoms with van der Waals surface area (Å²) in [4.78, 5) is 17.4. The fourth-order valence-electron chi connectivity index (χ4n) is 1.16. The van der Waals surface area contributed by atoms with Crippen LogP contribution >= 0.6 is 15.9 Å². The molecule has 1 aromatic heterocycles. The van der Waals surface area contributed by atoms with Gasteiger partial charge in [0.05, 0.1) is 12.2 Å². The molecular weight excluding hydrogens is 284 g/mol. The summed E-state index contributed by atoms with van der Waals surface area (Å²) >= 11 is 3.39. The molecule has 0 radical (unpaired) electrons. The number of rotatable bonds is 2. The van der Waals surface area contributed by atoms with Gasteiger partial charge in [-0.1, -0.05) is 0 Å². The number of halogens is 1. The lowest BCUT2D eigenvalue weighted by atomic mass is 10.2. The highest BCUT2D eigenvalue weighted by molar-refractivity contribution is 9.10. The van der Waals surface area contributed by atoms with Gasteiger partial charge in [0.2, 0.25) is 0 Å². The molecule has 1 rings (SSSR count). The Morgan fingerprint density at radius 3 is 2.71 bits per heavy atom. The molecule has 0 fully saturated rings. The largest absolute Gasteiger partial charge is 0.444 e. The Labute approximate surface area is 110 Å². The number of hydrogen-bond acceptors (Lipinski definition) is 3. The molecule has 94 valence electrons. The zero-order chi connectivity index (χ0) is 13.1. The first kappa shape index (κ1) is 14.0. The van der Waals surface area contributed by atoms with Crippen LogP contribution in [0.2, 0.25) is 0 Å². The summed E-state index contributed by atoms with van der Waals surface area (Å²) in [5, 5.41) is 0. The topological polar surface area (TPSA) is 42.4 Å². The van der Waals surface area contributed by atoms with E-state index < -0.39 is 5.60 Å². The van der Waals surface area contributed by atoms with Gasteiger partial charge in [0.25, 0.3) is 0 Å². The van der Waals surface area contributed by atoms with Crippen LogP contribution in [0.1, 0.15) is 26.5 Å². The Bertz CT molecular complexity index is 402. The normalized spacial score (nSPS) is 11.1. The maximum absolute atomic E-state index is 11.7. The van der Waals surface area contributed by atoms with Crippen molar-refractivity contribution < 1.29 is 9.53 Å². The predicted octanol–water partition coefficient (Wildman–Crippen LogP) is 3.21. The second-order valence-electron chi connectivity index (χ2n) is 4.77. The SMILES string of the molecule is CN(Cc1ncccc1Br)C(=O)OC(C)(C)C. The van der Waals surface area contributed by atoms with Gasteiger partial charge in [-0.3, -0.25) is 4.98 Å². The van der Waals surface area contributed by atoms with Gasteiger partial charge in [-0.05, 0) is 48.8 Å². The summed E-state index contributed by atoms with van der Waals surface area (Å²) in [5.74, 6) is 0. The molecule has 5 heteroatoms. The molecular formula is C12H17BrN2O2. The Kier molecular flexibility index (Phi) is 4.51. The number of carbonyl (C=O) groups excluding carboxylic acids is 1. The third kappa shape index (κ3) is 4.73. The molecule has 0 aromatic carbocycles. The van der Waals surface area contributed by atoms with Gasteiger partial charge in [-0.2, -0.15) is 0 Å². The molecule has 0 unspecified atom stereocenters. The standard InChI is InChI=1S/C12H17BrN2O2/c1-12(2,3)17-11(16)15(4)8-10-9(13)6-5-7-14-10/h5-7H,8H2,1-4H3. The fourth-order valence-corrected chi connectivity index (χ4v) is 1.54. The lowest BCUT2D eigenvalue weighted by Crippen LogP contribution is -2.34. The zero-order valence-electron chi connectivity index (χ0n) is 10.5. The Morgan fingerprint density at radius 1 is 1.53 bits per heavy atom. The summed E-state index contributed by atoms with van der Waals surface area (Å²) in [6.07, 6.45) is 1.35. The molecule has 0 aliphatic carbocycles. The zero-order valence-corrected chi connectivity index (χ0v) is 12.1. The lowest BCUT2D eigenvalue weighted by molar-refractivity contribution is 0.0283. The van der Waals surface area contributed by atoms with Crippen molar-refractivity contribution in [3.05, 3.63) is 28.5 Å². The number of carbonyl (C=O) groups is 1. The number of amides is 1. The lowest BCUT2D eigenvalue weighted by Gasteiger charge is -2.24. The van der Waals surface area contributed by atoms with Crippen LogP contribution in [0.5, 0.6) is 0 Å². The molecule has 17 heavy (non-hydrogen) atoms. The second kappa shape index (κ2) is 5.49. The van der Waals surface area contributed by atoms with E-state index in [1.54, 1.807) is 13.2 Å². The summed E-state index contributed by atoms with van der Waals surface area (Å²) in [5.41, 5.74) is 0.327. The molecule has 0 spiro atoms. The molecule has 1 amide bonds. The molecule has 0 atom stereocenters. The van der Waals surface area contributed by atoms with Crippen molar-refractivity contribution >= 4 is 22.0 Å². The van der Waals surface area contributed by atoms with E-state index in [-0.39, 0.29) is 6.09 Å². The molecule has 0 N–H and O–H groups in total. The molecule has 1 aromatic rings. The molecule has 0 saturated carbocycles. The van der Waals surface area contributed by atoms with E-state index in [9.17, 15) is 4.79 Å². The molecule has 0 aliphatic heterocycles. The van der Waals surface area contributed by atoms with Crippen LogP contribution in [-0.4, -0.2) is 28.6 Å². The van der Waals surface area contributed by atoms with Crippen molar-refractivity contribution in [2.24, 2.45) is 0 Å².